The Kier molecular flexibility index (Phi) is 5.60. The van der Waals surface area contributed by atoms with E-state index in [-0.39, 0.29) is 0 Å². The Morgan fingerprint density at radius 3 is 2.45 bits per heavy atom. The summed E-state index contributed by atoms with van der Waals surface area (Å²) in [5.41, 5.74) is 2.68. The average Bonchev–Trinajstić information content (AvgIpc) is 2.82. The molecule has 108 valence electrons. The average molecular weight is 383 g/mol. The first-order chi connectivity index (χ1) is 9.54. The molecule has 3 nitrogen and oxygen atoms in total. The smallest absolute Gasteiger partial charge is 0.0659 e. The van der Waals surface area contributed by atoms with Gasteiger partial charge in [0.25, 0.3) is 0 Å². The van der Waals surface area contributed by atoms with Gasteiger partial charge >= 0.3 is 0 Å². The zero-order valence-electron chi connectivity index (χ0n) is 12.3. The number of hydrogen-bond acceptors (Lipinski definition) is 2. The van der Waals surface area contributed by atoms with Gasteiger partial charge in [-0.15, -0.1) is 0 Å². The van der Waals surface area contributed by atoms with Crippen molar-refractivity contribution in [1.82, 2.24) is 15.1 Å². The molecule has 0 fully saturated rings. The standard InChI is InChI=1S/C16H22IN3/c1-12(2)18-8-13(3)15-6-4-14(5-7-15)10-20-11-16(17)9-19-20/h4-7,9,11-13,18H,8,10H2,1-3H3. The molecule has 1 heterocycles. The molecule has 1 N–H and O–H groups in total. The van der Waals surface area contributed by atoms with E-state index >= 15 is 0 Å². The van der Waals surface area contributed by atoms with E-state index in [1.54, 1.807) is 0 Å². The van der Waals surface area contributed by atoms with Gasteiger partial charge in [0.2, 0.25) is 0 Å². The Morgan fingerprint density at radius 1 is 1.20 bits per heavy atom. The molecule has 0 spiro atoms. The van der Waals surface area contributed by atoms with E-state index in [9.17, 15) is 0 Å². The highest BCUT2D eigenvalue weighted by Crippen LogP contribution is 2.16. The molecule has 0 aliphatic rings. The number of benzene rings is 1. The Morgan fingerprint density at radius 2 is 1.90 bits per heavy atom. The minimum absolute atomic E-state index is 0.539. The Hall–Kier alpha value is -0.880. The van der Waals surface area contributed by atoms with Crippen LogP contribution in [0.25, 0.3) is 0 Å². The van der Waals surface area contributed by atoms with E-state index in [1.165, 1.54) is 14.7 Å². The molecule has 2 aromatic rings. The summed E-state index contributed by atoms with van der Waals surface area (Å²) in [5.74, 6) is 0.539. The molecule has 0 aliphatic carbocycles. The second-order valence-corrected chi connectivity index (χ2v) is 6.81. The molecule has 2 rings (SSSR count). The van der Waals surface area contributed by atoms with Crippen LogP contribution < -0.4 is 5.32 Å². The van der Waals surface area contributed by atoms with Crippen molar-refractivity contribution >= 4 is 22.6 Å². The number of hydrogen-bond donors (Lipinski definition) is 1. The summed E-state index contributed by atoms with van der Waals surface area (Å²) < 4.78 is 3.15. The van der Waals surface area contributed by atoms with Crippen molar-refractivity contribution in [2.45, 2.75) is 39.3 Å². The second-order valence-electron chi connectivity index (χ2n) is 5.56. The lowest BCUT2D eigenvalue weighted by atomic mass is 9.99. The van der Waals surface area contributed by atoms with Gasteiger partial charge in [0.05, 0.1) is 16.3 Å². The van der Waals surface area contributed by atoms with Crippen LogP contribution in [0.1, 0.15) is 37.8 Å². The van der Waals surface area contributed by atoms with Gasteiger partial charge in [-0.2, -0.15) is 5.10 Å². The SMILES string of the molecule is CC(C)NCC(C)c1ccc(Cn2cc(I)cn2)cc1. The Labute approximate surface area is 134 Å². The van der Waals surface area contributed by atoms with Crippen molar-refractivity contribution in [3.63, 3.8) is 0 Å². The van der Waals surface area contributed by atoms with Crippen molar-refractivity contribution in [3.8, 4) is 0 Å². The third-order valence-electron chi connectivity index (χ3n) is 3.33. The zero-order valence-corrected chi connectivity index (χ0v) is 14.5. The van der Waals surface area contributed by atoms with Crippen LogP contribution in [-0.4, -0.2) is 22.4 Å². The molecule has 0 saturated heterocycles. The van der Waals surface area contributed by atoms with Crippen LogP contribution in [0.15, 0.2) is 36.7 Å². The van der Waals surface area contributed by atoms with Gasteiger partial charge in [-0.05, 0) is 39.6 Å². The van der Waals surface area contributed by atoms with Gasteiger partial charge in [0, 0.05) is 18.8 Å². The van der Waals surface area contributed by atoms with E-state index in [1.807, 2.05) is 10.9 Å². The fraction of sp³-hybridized carbons (Fsp3) is 0.438. The van der Waals surface area contributed by atoms with Crippen molar-refractivity contribution in [3.05, 3.63) is 51.4 Å². The second kappa shape index (κ2) is 7.22. The van der Waals surface area contributed by atoms with Gasteiger partial charge in [-0.3, -0.25) is 4.68 Å². The number of nitrogens with one attached hydrogen (secondary N) is 1. The molecule has 0 aliphatic heterocycles. The maximum absolute atomic E-state index is 4.32. The van der Waals surface area contributed by atoms with E-state index < -0.39 is 0 Å². The number of rotatable bonds is 6. The third kappa shape index (κ3) is 4.59. The van der Waals surface area contributed by atoms with Crippen LogP contribution in [0.5, 0.6) is 0 Å². The quantitative estimate of drug-likeness (QED) is 0.772. The first-order valence-electron chi connectivity index (χ1n) is 7.05. The van der Waals surface area contributed by atoms with Crippen LogP contribution in [0, 0.1) is 3.57 Å². The first-order valence-corrected chi connectivity index (χ1v) is 8.12. The van der Waals surface area contributed by atoms with Crippen molar-refractivity contribution in [1.29, 1.82) is 0 Å². The van der Waals surface area contributed by atoms with E-state index in [0.29, 0.717) is 12.0 Å². The molecule has 1 aromatic carbocycles. The van der Waals surface area contributed by atoms with Gasteiger partial charge in [0.1, 0.15) is 0 Å². The topological polar surface area (TPSA) is 29.9 Å². The fourth-order valence-electron chi connectivity index (χ4n) is 2.09. The van der Waals surface area contributed by atoms with E-state index in [4.69, 9.17) is 0 Å². The third-order valence-corrected chi connectivity index (χ3v) is 3.88. The van der Waals surface area contributed by atoms with Crippen LogP contribution >= 0.6 is 22.6 Å². The van der Waals surface area contributed by atoms with Gasteiger partial charge in [-0.1, -0.05) is 45.0 Å². The van der Waals surface area contributed by atoms with Gasteiger partial charge in [-0.25, -0.2) is 0 Å². The number of nitrogens with zero attached hydrogens (tertiary/aromatic N) is 2. The van der Waals surface area contributed by atoms with Gasteiger partial charge in [0.15, 0.2) is 0 Å². The minimum Gasteiger partial charge on any atom is -0.314 e. The highest BCUT2D eigenvalue weighted by Gasteiger charge is 2.06. The van der Waals surface area contributed by atoms with Crippen LogP contribution in [0.2, 0.25) is 0 Å². The summed E-state index contributed by atoms with van der Waals surface area (Å²) in [5, 5.41) is 7.80. The molecule has 0 bridgehead atoms. The lowest BCUT2D eigenvalue weighted by Gasteiger charge is -2.15. The van der Waals surface area contributed by atoms with Crippen molar-refractivity contribution in [2.24, 2.45) is 0 Å². The molecule has 1 unspecified atom stereocenters. The molecule has 0 radical (unpaired) electrons. The number of aromatic nitrogens is 2. The zero-order chi connectivity index (χ0) is 14.5. The summed E-state index contributed by atoms with van der Waals surface area (Å²) in [6.45, 7) is 8.49. The van der Waals surface area contributed by atoms with Crippen molar-refractivity contribution < 1.29 is 0 Å². The van der Waals surface area contributed by atoms with Crippen LogP contribution in [0.3, 0.4) is 0 Å². The summed E-state index contributed by atoms with van der Waals surface area (Å²) in [6, 6.07) is 9.41. The molecule has 1 aromatic heterocycles. The minimum atomic E-state index is 0.539. The van der Waals surface area contributed by atoms with Crippen LogP contribution in [0.4, 0.5) is 0 Å². The largest absolute Gasteiger partial charge is 0.314 e. The monoisotopic (exact) mass is 383 g/mol. The summed E-state index contributed by atoms with van der Waals surface area (Å²) >= 11 is 2.28. The molecule has 4 heteroatoms. The molecule has 1 atom stereocenters. The lowest BCUT2D eigenvalue weighted by Crippen LogP contribution is -2.26. The highest BCUT2D eigenvalue weighted by atomic mass is 127. The van der Waals surface area contributed by atoms with Crippen LogP contribution in [-0.2, 0) is 6.54 Å². The van der Waals surface area contributed by atoms with Crippen molar-refractivity contribution in [2.75, 3.05) is 6.54 Å². The molecular weight excluding hydrogens is 361 g/mol. The highest BCUT2D eigenvalue weighted by molar-refractivity contribution is 14.1. The van der Waals surface area contributed by atoms with E-state index in [0.717, 1.165) is 13.1 Å². The first kappa shape index (κ1) is 15.5. The summed E-state index contributed by atoms with van der Waals surface area (Å²) in [6.07, 6.45) is 3.94. The predicted molar refractivity (Wildman–Crippen MR) is 92.0 cm³/mol. The summed E-state index contributed by atoms with van der Waals surface area (Å²) in [4.78, 5) is 0. The van der Waals surface area contributed by atoms with E-state index in [2.05, 4.69) is 84.2 Å². The normalized spacial score (nSPS) is 12.8. The molecule has 0 amide bonds. The lowest BCUT2D eigenvalue weighted by molar-refractivity contribution is 0.548. The summed E-state index contributed by atoms with van der Waals surface area (Å²) in [7, 11) is 0. The maximum Gasteiger partial charge on any atom is 0.0659 e. The van der Waals surface area contributed by atoms with Gasteiger partial charge < -0.3 is 5.32 Å². The molecular formula is C16H22IN3. The maximum atomic E-state index is 4.32. The Bertz CT molecular complexity index is 531. The predicted octanol–water partition coefficient (Wildman–Crippen LogP) is 3.64. The fourth-order valence-corrected chi connectivity index (χ4v) is 2.54. The molecule has 20 heavy (non-hydrogen) atoms. The number of halogens is 1. The molecule has 0 saturated carbocycles. The Balaban J connectivity index is 1.95.